The highest BCUT2D eigenvalue weighted by Gasteiger charge is 2.49. The lowest BCUT2D eigenvalue weighted by molar-refractivity contribution is -0.143. The number of hydrogen-bond donors (Lipinski definition) is 0. The first-order chi connectivity index (χ1) is 11.0. The van der Waals surface area contributed by atoms with Crippen molar-refractivity contribution in [2.75, 3.05) is 40.0 Å². The van der Waals surface area contributed by atoms with E-state index in [0.29, 0.717) is 19.8 Å². The molecule has 0 aromatic heterocycles. The number of ether oxygens (including phenoxy) is 2. The van der Waals surface area contributed by atoms with Crippen LogP contribution in [0.5, 0.6) is 0 Å². The predicted octanol–water partition coefficient (Wildman–Crippen LogP) is 1.04. The van der Waals surface area contributed by atoms with Crippen LogP contribution in [0.25, 0.3) is 0 Å². The Hall–Kier alpha value is -1.14. The molecule has 6 heteroatoms. The third kappa shape index (κ3) is 3.53. The van der Waals surface area contributed by atoms with E-state index in [2.05, 4.69) is 6.92 Å². The fourth-order valence-corrected chi connectivity index (χ4v) is 3.80. The van der Waals surface area contributed by atoms with E-state index < -0.39 is 0 Å². The minimum Gasteiger partial charge on any atom is -0.381 e. The topological polar surface area (TPSA) is 59.1 Å². The summed E-state index contributed by atoms with van der Waals surface area (Å²) in [4.78, 5) is 29.1. The second-order valence-corrected chi connectivity index (χ2v) is 7.33. The molecule has 0 bridgehead atoms. The fourth-order valence-electron chi connectivity index (χ4n) is 3.80. The van der Waals surface area contributed by atoms with Crippen molar-refractivity contribution in [2.45, 2.75) is 51.1 Å². The lowest BCUT2D eigenvalue weighted by Crippen LogP contribution is -2.52. The van der Waals surface area contributed by atoms with Gasteiger partial charge in [0.15, 0.2) is 0 Å². The number of hydrogen-bond acceptors (Lipinski definition) is 4. The summed E-state index contributed by atoms with van der Waals surface area (Å²) in [5.41, 5.74) is -0.130. The second-order valence-electron chi connectivity index (χ2n) is 7.33. The molecule has 2 amide bonds. The third-order valence-electron chi connectivity index (χ3n) is 5.50. The van der Waals surface area contributed by atoms with Crippen LogP contribution in [0.3, 0.4) is 0 Å². The first-order valence-electron chi connectivity index (χ1n) is 8.72. The lowest BCUT2D eigenvalue weighted by atomic mass is 10.0. The quantitative estimate of drug-likeness (QED) is 0.758. The summed E-state index contributed by atoms with van der Waals surface area (Å²) < 4.78 is 10.5. The molecule has 1 atom stereocenters. The Morgan fingerprint density at radius 2 is 1.91 bits per heavy atom. The van der Waals surface area contributed by atoms with Crippen LogP contribution >= 0.6 is 0 Å². The standard InChI is InChI=1S/C17H28N2O4/c1-17(6-7-17)16(21)18-8-3-14(11-18)19(15(20)12-22-2)13-4-9-23-10-5-13/h13-14H,3-12H2,1-2H3. The van der Waals surface area contributed by atoms with Crippen LogP contribution < -0.4 is 0 Å². The van der Waals surface area contributed by atoms with Crippen LogP contribution in [0.15, 0.2) is 0 Å². The molecule has 2 saturated heterocycles. The number of likely N-dealkylation sites (tertiary alicyclic amines) is 1. The summed E-state index contributed by atoms with van der Waals surface area (Å²) in [6, 6.07) is 0.329. The van der Waals surface area contributed by atoms with Gasteiger partial charge in [0.2, 0.25) is 11.8 Å². The summed E-state index contributed by atoms with van der Waals surface area (Å²) in [5.74, 6) is 0.308. The van der Waals surface area contributed by atoms with Gasteiger partial charge in [0.25, 0.3) is 0 Å². The SMILES string of the molecule is COCC(=O)N(C1CCOCC1)C1CCN(C(=O)C2(C)CC2)C1. The third-order valence-corrected chi connectivity index (χ3v) is 5.50. The Kier molecular flexibility index (Phi) is 4.92. The average Bonchev–Trinajstić information content (AvgIpc) is 3.12. The number of methoxy groups -OCH3 is 1. The van der Waals surface area contributed by atoms with Crippen LogP contribution in [0.2, 0.25) is 0 Å². The molecule has 1 unspecified atom stereocenters. The minimum absolute atomic E-state index is 0.0383. The van der Waals surface area contributed by atoms with Crippen molar-refractivity contribution >= 4 is 11.8 Å². The van der Waals surface area contributed by atoms with Gasteiger partial charge in [-0.1, -0.05) is 6.92 Å². The van der Waals surface area contributed by atoms with Crippen molar-refractivity contribution in [1.82, 2.24) is 9.80 Å². The zero-order valence-electron chi connectivity index (χ0n) is 14.3. The largest absolute Gasteiger partial charge is 0.381 e. The molecule has 2 heterocycles. The zero-order chi connectivity index (χ0) is 16.4. The van der Waals surface area contributed by atoms with Gasteiger partial charge in [-0.2, -0.15) is 0 Å². The maximum atomic E-state index is 12.6. The number of carbonyl (C=O) groups excluding carboxylic acids is 2. The highest BCUT2D eigenvalue weighted by Crippen LogP contribution is 2.47. The molecular weight excluding hydrogens is 296 g/mol. The molecule has 1 saturated carbocycles. The van der Waals surface area contributed by atoms with E-state index in [1.165, 1.54) is 0 Å². The lowest BCUT2D eigenvalue weighted by Gasteiger charge is -2.38. The molecular formula is C17H28N2O4. The maximum absolute atomic E-state index is 12.6. The van der Waals surface area contributed by atoms with Gasteiger partial charge in [0.05, 0.1) is 6.04 Å². The Morgan fingerprint density at radius 1 is 1.22 bits per heavy atom. The zero-order valence-corrected chi connectivity index (χ0v) is 14.3. The molecule has 3 aliphatic rings. The molecule has 2 aliphatic heterocycles. The number of rotatable bonds is 5. The van der Waals surface area contributed by atoms with Gasteiger partial charge in [0, 0.05) is 44.9 Å². The molecule has 0 aromatic rings. The normalized spacial score (nSPS) is 27.0. The number of amides is 2. The van der Waals surface area contributed by atoms with E-state index in [0.717, 1.165) is 38.6 Å². The van der Waals surface area contributed by atoms with Crippen molar-refractivity contribution in [3.8, 4) is 0 Å². The highest BCUT2D eigenvalue weighted by molar-refractivity contribution is 5.85. The molecule has 1 aliphatic carbocycles. The van der Waals surface area contributed by atoms with E-state index in [1.807, 2.05) is 9.80 Å². The van der Waals surface area contributed by atoms with E-state index >= 15 is 0 Å². The Balaban J connectivity index is 1.67. The van der Waals surface area contributed by atoms with Gasteiger partial charge < -0.3 is 19.3 Å². The van der Waals surface area contributed by atoms with Crippen molar-refractivity contribution in [2.24, 2.45) is 5.41 Å². The van der Waals surface area contributed by atoms with Crippen LogP contribution in [0.4, 0.5) is 0 Å². The summed E-state index contributed by atoms with van der Waals surface area (Å²) in [6.45, 7) is 5.00. The summed E-state index contributed by atoms with van der Waals surface area (Å²) in [7, 11) is 1.55. The number of carbonyl (C=O) groups is 2. The van der Waals surface area contributed by atoms with E-state index in [-0.39, 0.29) is 35.9 Å². The average molecular weight is 324 g/mol. The molecule has 130 valence electrons. The molecule has 23 heavy (non-hydrogen) atoms. The van der Waals surface area contributed by atoms with Crippen molar-refractivity contribution in [1.29, 1.82) is 0 Å². The molecule has 3 rings (SSSR count). The van der Waals surface area contributed by atoms with Gasteiger partial charge in [-0.15, -0.1) is 0 Å². The maximum Gasteiger partial charge on any atom is 0.249 e. The van der Waals surface area contributed by atoms with Crippen LogP contribution in [0.1, 0.15) is 39.0 Å². The molecule has 0 aromatic carbocycles. The van der Waals surface area contributed by atoms with Crippen molar-refractivity contribution in [3.05, 3.63) is 0 Å². The van der Waals surface area contributed by atoms with E-state index in [4.69, 9.17) is 9.47 Å². The highest BCUT2D eigenvalue weighted by atomic mass is 16.5. The number of nitrogens with zero attached hydrogens (tertiary/aromatic N) is 2. The van der Waals surface area contributed by atoms with Crippen LogP contribution in [-0.2, 0) is 19.1 Å². The van der Waals surface area contributed by atoms with Gasteiger partial charge in [-0.05, 0) is 32.1 Å². The minimum atomic E-state index is -0.130. The van der Waals surface area contributed by atoms with Gasteiger partial charge in [-0.25, -0.2) is 0 Å². The van der Waals surface area contributed by atoms with E-state index in [1.54, 1.807) is 7.11 Å². The van der Waals surface area contributed by atoms with Gasteiger partial charge in [-0.3, -0.25) is 9.59 Å². The monoisotopic (exact) mass is 324 g/mol. The molecule has 6 nitrogen and oxygen atoms in total. The van der Waals surface area contributed by atoms with Crippen LogP contribution in [-0.4, -0.2) is 73.7 Å². The Labute approximate surface area is 138 Å². The molecule has 0 N–H and O–H groups in total. The predicted molar refractivity (Wildman–Crippen MR) is 84.9 cm³/mol. The first-order valence-corrected chi connectivity index (χ1v) is 8.72. The van der Waals surface area contributed by atoms with Crippen LogP contribution in [0, 0.1) is 5.41 Å². The molecule has 0 spiro atoms. The smallest absolute Gasteiger partial charge is 0.249 e. The van der Waals surface area contributed by atoms with Crippen molar-refractivity contribution < 1.29 is 19.1 Å². The van der Waals surface area contributed by atoms with E-state index in [9.17, 15) is 9.59 Å². The Bertz CT molecular complexity index is 458. The fraction of sp³-hybridized carbons (Fsp3) is 0.882. The van der Waals surface area contributed by atoms with Crippen molar-refractivity contribution in [3.63, 3.8) is 0 Å². The summed E-state index contributed by atoms with van der Waals surface area (Å²) >= 11 is 0. The van der Waals surface area contributed by atoms with Gasteiger partial charge >= 0.3 is 0 Å². The van der Waals surface area contributed by atoms with Gasteiger partial charge in [0.1, 0.15) is 6.61 Å². The molecule has 0 radical (unpaired) electrons. The summed E-state index contributed by atoms with van der Waals surface area (Å²) in [5, 5.41) is 0. The first kappa shape index (κ1) is 16.7. The molecule has 3 fully saturated rings. The Morgan fingerprint density at radius 3 is 2.52 bits per heavy atom. The second kappa shape index (κ2) is 6.77. The summed E-state index contributed by atoms with van der Waals surface area (Å²) in [6.07, 6.45) is 4.61.